The third kappa shape index (κ3) is 4.30. The third-order valence-electron chi connectivity index (χ3n) is 2.76. The second-order valence-electron chi connectivity index (χ2n) is 4.48. The average molecular weight is 359 g/mol. The Balaban J connectivity index is 2.07. The molecule has 0 radical (unpaired) electrons. The van der Waals surface area contributed by atoms with Gasteiger partial charge in [0.2, 0.25) is 10.0 Å². The van der Waals surface area contributed by atoms with Gasteiger partial charge in [-0.05, 0) is 42.8 Å². The number of sulfonamides is 1. The molecule has 0 spiro atoms. The molecule has 0 aliphatic rings. The standard InChI is InChI=1S/C14H15ClN2O3S2/c1-2-9-16-22(19,20)11-5-3-10(4-6-11)17-14(18)12-7-8-13(15)21-12/h3-8,16H,2,9H2,1H3,(H,17,18). The van der Waals surface area contributed by atoms with Gasteiger partial charge in [-0.15, -0.1) is 11.3 Å². The van der Waals surface area contributed by atoms with E-state index in [4.69, 9.17) is 11.6 Å². The molecule has 0 aliphatic heterocycles. The largest absolute Gasteiger partial charge is 0.321 e. The lowest BCUT2D eigenvalue weighted by atomic mass is 10.3. The number of amides is 1. The van der Waals surface area contributed by atoms with Crippen LogP contribution < -0.4 is 10.0 Å². The molecule has 0 saturated heterocycles. The van der Waals surface area contributed by atoms with Crippen molar-refractivity contribution in [3.8, 4) is 0 Å². The Morgan fingerprint density at radius 2 is 1.86 bits per heavy atom. The van der Waals surface area contributed by atoms with Crippen LogP contribution >= 0.6 is 22.9 Å². The number of rotatable bonds is 6. The van der Waals surface area contributed by atoms with Crippen LogP contribution in [0.5, 0.6) is 0 Å². The number of carbonyl (C=O) groups is 1. The fraction of sp³-hybridized carbons (Fsp3) is 0.214. The van der Waals surface area contributed by atoms with Gasteiger partial charge in [0, 0.05) is 12.2 Å². The maximum atomic E-state index is 12.0. The summed E-state index contributed by atoms with van der Waals surface area (Å²) in [4.78, 5) is 12.6. The molecule has 0 atom stereocenters. The first kappa shape index (κ1) is 17.0. The zero-order valence-corrected chi connectivity index (χ0v) is 14.2. The Labute approximate surface area is 138 Å². The quantitative estimate of drug-likeness (QED) is 0.831. The van der Waals surface area contributed by atoms with E-state index in [1.54, 1.807) is 24.3 Å². The van der Waals surface area contributed by atoms with Gasteiger partial charge in [-0.25, -0.2) is 13.1 Å². The minimum atomic E-state index is -3.49. The second kappa shape index (κ2) is 7.23. The number of nitrogens with one attached hydrogen (secondary N) is 2. The molecule has 2 rings (SSSR count). The molecule has 8 heteroatoms. The summed E-state index contributed by atoms with van der Waals surface area (Å²) in [5, 5.41) is 2.69. The molecule has 5 nitrogen and oxygen atoms in total. The Morgan fingerprint density at radius 3 is 2.41 bits per heavy atom. The summed E-state index contributed by atoms with van der Waals surface area (Å²) in [7, 11) is -3.49. The van der Waals surface area contributed by atoms with Crippen LogP contribution in [-0.2, 0) is 10.0 Å². The molecule has 1 aromatic heterocycles. The number of anilines is 1. The van der Waals surface area contributed by atoms with Crippen molar-refractivity contribution in [2.75, 3.05) is 11.9 Å². The van der Waals surface area contributed by atoms with Crippen LogP contribution in [-0.4, -0.2) is 20.9 Å². The summed E-state index contributed by atoms with van der Waals surface area (Å²) < 4.78 is 26.9. The summed E-state index contributed by atoms with van der Waals surface area (Å²) >= 11 is 6.96. The van der Waals surface area contributed by atoms with E-state index >= 15 is 0 Å². The van der Waals surface area contributed by atoms with Gasteiger partial charge in [0.15, 0.2) is 0 Å². The number of halogens is 1. The first-order chi connectivity index (χ1) is 10.4. The molecule has 0 fully saturated rings. The monoisotopic (exact) mass is 358 g/mol. The molecule has 0 unspecified atom stereocenters. The van der Waals surface area contributed by atoms with Crippen LogP contribution in [0.1, 0.15) is 23.0 Å². The van der Waals surface area contributed by atoms with Crippen LogP contribution in [0.25, 0.3) is 0 Å². The van der Waals surface area contributed by atoms with Crippen molar-refractivity contribution in [2.45, 2.75) is 18.2 Å². The number of hydrogen-bond donors (Lipinski definition) is 2. The molecular formula is C14H15ClN2O3S2. The fourth-order valence-electron chi connectivity index (χ4n) is 1.67. The molecule has 1 aromatic carbocycles. The smallest absolute Gasteiger partial charge is 0.265 e. The molecule has 0 saturated carbocycles. The van der Waals surface area contributed by atoms with Gasteiger partial charge >= 0.3 is 0 Å². The van der Waals surface area contributed by atoms with Crippen molar-refractivity contribution in [1.29, 1.82) is 0 Å². The first-order valence-corrected chi connectivity index (χ1v) is 9.26. The van der Waals surface area contributed by atoms with Gasteiger partial charge in [0.25, 0.3) is 5.91 Å². The van der Waals surface area contributed by atoms with E-state index in [9.17, 15) is 13.2 Å². The zero-order valence-electron chi connectivity index (χ0n) is 11.8. The Bertz CT molecular complexity index is 755. The molecule has 118 valence electrons. The highest BCUT2D eigenvalue weighted by atomic mass is 35.5. The van der Waals surface area contributed by atoms with Crippen molar-refractivity contribution in [3.05, 3.63) is 45.6 Å². The van der Waals surface area contributed by atoms with Crippen LogP contribution in [0, 0.1) is 0 Å². The Hall–Kier alpha value is -1.41. The predicted molar refractivity (Wildman–Crippen MR) is 89.2 cm³/mol. The Morgan fingerprint density at radius 1 is 1.18 bits per heavy atom. The highest BCUT2D eigenvalue weighted by Gasteiger charge is 2.13. The van der Waals surface area contributed by atoms with E-state index in [2.05, 4.69) is 10.0 Å². The summed E-state index contributed by atoms with van der Waals surface area (Å²) in [5.41, 5.74) is 0.518. The maximum absolute atomic E-state index is 12.0. The first-order valence-electron chi connectivity index (χ1n) is 6.59. The number of hydrogen-bond acceptors (Lipinski definition) is 4. The average Bonchev–Trinajstić information content (AvgIpc) is 2.92. The van der Waals surface area contributed by atoms with E-state index in [0.29, 0.717) is 21.4 Å². The van der Waals surface area contributed by atoms with Crippen molar-refractivity contribution in [2.24, 2.45) is 0 Å². The minimum Gasteiger partial charge on any atom is -0.321 e. The second-order valence-corrected chi connectivity index (χ2v) is 7.96. The number of carbonyl (C=O) groups excluding carboxylic acids is 1. The van der Waals surface area contributed by atoms with Crippen LogP contribution in [0.2, 0.25) is 4.34 Å². The summed E-state index contributed by atoms with van der Waals surface area (Å²) in [5.74, 6) is -0.281. The number of benzene rings is 1. The lowest BCUT2D eigenvalue weighted by molar-refractivity contribution is 0.103. The molecule has 1 heterocycles. The van der Waals surface area contributed by atoms with Crippen molar-refractivity contribution < 1.29 is 13.2 Å². The highest BCUT2D eigenvalue weighted by Crippen LogP contribution is 2.22. The van der Waals surface area contributed by atoms with E-state index in [1.807, 2.05) is 6.92 Å². The number of thiophene rings is 1. The highest BCUT2D eigenvalue weighted by molar-refractivity contribution is 7.89. The molecule has 0 aliphatic carbocycles. The third-order valence-corrected chi connectivity index (χ3v) is 5.47. The summed E-state index contributed by atoms with van der Waals surface area (Å²) in [6, 6.07) is 9.29. The SMILES string of the molecule is CCCNS(=O)(=O)c1ccc(NC(=O)c2ccc(Cl)s2)cc1. The topological polar surface area (TPSA) is 75.3 Å². The Kier molecular flexibility index (Phi) is 5.57. The lowest BCUT2D eigenvalue weighted by Crippen LogP contribution is -2.24. The van der Waals surface area contributed by atoms with E-state index in [1.165, 1.54) is 23.5 Å². The van der Waals surface area contributed by atoms with Crippen molar-refractivity contribution in [3.63, 3.8) is 0 Å². The molecule has 1 amide bonds. The van der Waals surface area contributed by atoms with Gasteiger partial charge in [-0.3, -0.25) is 4.79 Å². The predicted octanol–water partition coefficient (Wildman–Crippen LogP) is 3.34. The molecule has 2 N–H and O–H groups in total. The van der Waals surface area contributed by atoms with Gasteiger partial charge in [0.05, 0.1) is 14.1 Å². The zero-order chi connectivity index (χ0) is 16.2. The maximum Gasteiger partial charge on any atom is 0.265 e. The van der Waals surface area contributed by atoms with E-state index in [-0.39, 0.29) is 10.8 Å². The van der Waals surface area contributed by atoms with E-state index < -0.39 is 10.0 Å². The van der Waals surface area contributed by atoms with Gasteiger partial charge in [0.1, 0.15) is 0 Å². The van der Waals surface area contributed by atoms with Gasteiger partial charge < -0.3 is 5.32 Å². The van der Waals surface area contributed by atoms with Crippen molar-refractivity contribution in [1.82, 2.24) is 4.72 Å². The van der Waals surface area contributed by atoms with Crippen LogP contribution in [0.4, 0.5) is 5.69 Å². The summed E-state index contributed by atoms with van der Waals surface area (Å²) in [6.07, 6.45) is 0.719. The van der Waals surface area contributed by atoms with E-state index in [0.717, 1.165) is 6.42 Å². The molecule has 2 aromatic rings. The lowest BCUT2D eigenvalue weighted by Gasteiger charge is -2.07. The van der Waals surface area contributed by atoms with Crippen molar-refractivity contribution >= 4 is 44.6 Å². The van der Waals surface area contributed by atoms with Crippen LogP contribution in [0.15, 0.2) is 41.3 Å². The normalized spacial score (nSPS) is 11.4. The molecule has 0 bridgehead atoms. The minimum absolute atomic E-state index is 0.165. The van der Waals surface area contributed by atoms with Gasteiger partial charge in [-0.1, -0.05) is 18.5 Å². The van der Waals surface area contributed by atoms with Gasteiger partial charge in [-0.2, -0.15) is 0 Å². The van der Waals surface area contributed by atoms with Crippen LogP contribution in [0.3, 0.4) is 0 Å². The molecular weight excluding hydrogens is 344 g/mol. The fourth-order valence-corrected chi connectivity index (χ4v) is 3.74. The summed E-state index contributed by atoms with van der Waals surface area (Å²) in [6.45, 7) is 2.28. The molecule has 22 heavy (non-hydrogen) atoms.